The second-order valence-corrected chi connectivity index (χ2v) is 5.19. The van der Waals surface area contributed by atoms with Crippen molar-refractivity contribution in [2.24, 2.45) is 0 Å². The van der Waals surface area contributed by atoms with Gasteiger partial charge in [-0.1, -0.05) is 46.3 Å². The molecule has 0 saturated carbocycles. The van der Waals surface area contributed by atoms with Crippen LogP contribution in [0.3, 0.4) is 0 Å². The predicted octanol–water partition coefficient (Wildman–Crippen LogP) is 4.20. The molecule has 1 aliphatic heterocycles. The summed E-state index contributed by atoms with van der Waals surface area (Å²) in [4.78, 5) is 0. The minimum atomic E-state index is 0.278. The Labute approximate surface area is 126 Å². The van der Waals surface area contributed by atoms with Gasteiger partial charge in [0.1, 0.15) is 12.4 Å². The minimum Gasteiger partial charge on any atom is -0.488 e. The van der Waals surface area contributed by atoms with Crippen LogP contribution in [-0.4, -0.2) is 6.79 Å². The molecule has 4 heteroatoms. The van der Waals surface area contributed by atoms with Gasteiger partial charge in [-0.15, -0.1) is 0 Å². The van der Waals surface area contributed by atoms with Gasteiger partial charge < -0.3 is 14.2 Å². The van der Waals surface area contributed by atoms with Gasteiger partial charge in [-0.05, 0) is 18.6 Å². The third-order valence-corrected chi connectivity index (χ3v) is 3.89. The molecule has 2 aromatic rings. The molecule has 0 spiro atoms. The molecular formula is C16H15BrO3. The molecule has 0 aliphatic carbocycles. The van der Waals surface area contributed by atoms with Crippen LogP contribution in [0.2, 0.25) is 0 Å². The lowest BCUT2D eigenvalue weighted by molar-refractivity contribution is 0.173. The van der Waals surface area contributed by atoms with E-state index in [9.17, 15) is 0 Å². The molecule has 3 nitrogen and oxygen atoms in total. The van der Waals surface area contributed by atoms with Crippen LogP contribution in [0.1, 0.15) is 16.7 Å². The molecule has 0 saturated heterocycles. The van der Waals surface area contributed by atoms with Crippen molar-refractivity contribution in [1.29, 1.82) is 0 Å². The van der Waals surface area contributed by atoms with Crippen molar-refractivity contribution >= 4 is 15.9 Å². The maximum absolute atomic E-state index is 6.00. The third-order valence-electron chi connectivity index (χ3n) is 3.29. The summed E-state index contributed by atoms with van der Waals surface area (Å²) in [5.41, 5.74) is 3.21. The molecule has 1 heterocycles. The molecule has 3 rings (SSSR count). The van der Waals surface area contributed by atoms with E-state index in [1.54, 1.807) is 0 Å². The van der Waals surface area contributed by atoms with Crippen LogP contribution in [0.25, 0.3) is 0 Å². The highest BCUT2D eigenvalue weighted by atomic mass is 79.9. The van der Waals surface area contributed by atoms with E-state index >= 15 is 0 Å². The summed E-state index contributed by atoms with van der Waals surface area (Å²) in [6, 6.07) is 12.1. The van der Waals surface area contributed by atoms with E-state index in [0.29, 0.717) is 11.9 Å². The SMILES string of the molecule is Cc1c(OCc2ccccc2)c(CBr)cc2c1OCO2. The second-order valence-electron chi connectivity index (χ2n) is 4.63. The predicted molar refractivity (Wildman–Crippen MR) is 80.7 cm³/mol. The van der Waals surface area contributed by atoms with E-state index in [0.717, 1.165) is 33.9 Å². The van der Waals surface area contributed by atoms with Crippen LogP contribution < -0.4 is 14.2 Å². The van der Waals surface area contributed by atoms with Gasteiger partial charge in [0.25, 0.3) is 0 Å². The van der Waals surface area contributed by atoms with E-state index in [-0.39, 0.29) is 6.79 Å². The molecule has 0 unspecified atom stereocenters. The smallest absolute Gasteiger partial charge is 0.231 e. The van der Waals surface area contributed by atoms with Crippen LogP contribution in [0.5, 0.6) is 17.2 Å². The highest BCUT2D eigenvalue weighted by Gasteiger charge is 2.22. The van der Waals surface area contributed by atoms with Crippen molar-refractivity contribution in [2.75, 3.05) is 6.79 Å². The Balaban J connectivity index is 1.89. The molecule has 104 valence electrons. The number of benzene rings is 2. The van der Waals surface area contributed by atoms with E-state index in [1.807, 2.05) is 31.2 Å². The van der Waals surface area contributed by atoms with Gasteiger partial charge in [0.15, 0.2) is 11.5 Å². The maximum Gasteiger partial charge on any atom is 0.231 e. The number of ether oxygens (including phenoxy) is 3. The van der Waals surface area contributed by atoms with Crippen LogP contribution in [0.15, 0.2) is 36.4 Å². The Morgan fingerprint density at radius 3 is 2.75 bits per heavy atom. The lowest BCUT2D eigenvalue weighted by Gasteiger charge is -2.15. The van der Waals surface area contributed by atoms with Gasteiger partial charge in [0.2, 0.25) is 6.79 Å². The molecule has 0 radical (unpaired) electrons. The number of hydrogen-bond donors (Lipinski definition) is 0. The van der Waals surface area contributed by atoms with Crippen molar-refractivity contribution in [1.82, 2.24) is 0 Å². The molecule has 0 bridgehead atoms. The highest BCUT2D eigenvalue weighted by molar-refractivity contribution is 9.08. The molecule has 0 atom stereocenters. The van der Waals surface area contributed by atoms with Gasteiger partial charge in [-0.3, -0.25) is 0 Å². The zero-order valence-corrected chi connectivity index (χ0v) is 12.8. The molecule has 2 aromatic carbocycles. The van der Waals surface area contributed by atoms with Crippen LogP contribution >= 0.6 is 15.9 Å². The standard InChI is InChI=1S/C16H15BrO3/c1-11-15(18-9-12-5-3-2-4-6-12)13(8-17)7-14-16(11)20-10-19-14/h2-7H,8-10H2,1H3. The summed E-state index contributed by atoms with van der Waals surface area (Å²) < 4.78 is 16.9. The van der Waals surface area contributed by atoms with Crippen molar-refractivity contribution in [3.8, 4) is 17.2 Å². The number of alkyl halides is 1. The van der Waals surface area contributed by atoms with Crippen molar-refractivity contribution in [2.45, 2.75) is 18.9 Å². The summed E-state index contributed by atoms with van der Waals surface area (Å²) >= 11 is 3.50. The number of halogens is 1. The zero-order chi connectivity index (χ0) is 13.9. The van der Waals surface area contributed by atoms with Crippen molar-refractivity contribution in [3.05, 3.63) is 53.1 Å². The summed E-state index contributed by atoms with van der Waals surface area (Å²) in [6.45, 7) is 2.82. The third kappa shape index (κ3) is 2.48. The van der Waals surface area contributed by atoms with Crippen LogP contribution in [0, 0.1) is 6.92 Å². The Kier molecular flexibility index (Phi) is 3.83. The van der Waals surface area contributed by atoms with Gasteiger partial charge in [0.05, 0.1) is 0 Å². The summed E-state index contributed by atoms with van der Waals surface area (Å²) in [7, 11) is 0. The Hall–Kier alpha value is -1.68. The summed E-state index contributed by atoms with van der Waals surface area (Å²) in [5, 5.41) is 0.717. The van der Waals surface area contributed by atoms with Crippen molar-refractivity contribution < 1.29 is 14.2 Å². The fourth-order valence-electron chi connectivity index (χ4n) is 2.29. The molecule has 0 aromatic heterocycles. The lowest BCUT2D eigenvalue weighted by Crippen LogP contribution is -2.00. The molecule has 20 heavy (non-hydrogen) atoms. The largest absolute Gasteiger partial charge is 0.488 e. The first-order chi connectivity index (χ1) is 9.79. The molecule has 1 aliphatic rings. The fraction of sp³-hybridized carbons (Fsp3) is 0.250. The molecule has 0 amide bonds. The topological polar surface area (TPSA) is 27.7 Å². The quantitative estimate of drug-likeness (QED) is 0.784. The normalized spacial score (nSPS) is 12.5. The summed E-state index contributed by atoms with van der Waals surface area (Å²) in [6.07, 6.45) is 0. The highest BCUT2D eigenvalue weighted by Crippen LogP contribution is 2.43. The Morgan fingerprint density at radius 2 is 2.00 bits per heavy atom. The average Bonchev–Trinajstić information content (AvgIpc) is 2.95. The van der Waals surface area contributed by atoms with Gasteiger partial charge >= 0.3 is 0 Å². The van der Waals surface area contributed by atoms with Gasteiger partial charge in [-0.2, -0.15) is 0 Å². The number of fused-ring (bicyclic) bond motifs is 1. The second kappa shape index (κ2) is 5.75. The lowest BCUT2D eigenvalue weighted by atomic mass is 10.1. The monoisotopic (exact) mass is 334 g/mol. The fourth-order valence-corrected chi connectivity index (χ4v) is 2.70. The zero-order valence-electron chi connectivity index (χ0n) is 11.2. The van der Waals surface area contributed by atoms with E-state index in [4.69, 9.17) is 14.2 Å². The molecule has 0 fully saturated rings. The van der Waals surface area contributed by atoms with E-state index in [1.165, 1.54) is 0 Å². The Bertz CT molecular complexity index is 611. The molecular weight excluding hydrogens is 320 g/mol. The molecule has 0 N–H and O–H groups in total. The van der Waals surface area contributed by atoms with E-state index < -0.39 is 0 Å². The Morgan fingerprint density at radius 1 is 1.20 bits per heavy atom. The maximum atomic E-state index is 6.00. The number of hydrogen-bond acceptors (Lipinski definition) is 3. The van der Waals surface area contributed by atoms with Crippen molar-refractivity contribution in [3.63, 3.8) is 0 Å². The average molecular weight is 335 g/mol. The first-order valence-electron chi connectivity index (χ1n) is 6.44. The number of rotatable bonds is 4. The summed E-state index contributed by atoms with van der Waals surface area (Å²) in [5.74, 6) is 2.46. The minimum absolute atomic E-state index is 0.278. The van der Waals surface area contributed by atoms with E-state index in [2.05, 4.69) is 28.1 Å². The van der Waals surface area contributed by atoms with Gasteiger partial charge in [-0.25, -0.2) is 0 Å². The first-order valence-corrected chi connectivity index (χ1v) is 7.56. The van der Waals surface area contributed by atoms with Crippen LogP contribution in [0.4, 0.5) is 0 Å². The first kappa shape index (κ1) is 13.3. The van der Waals surface area contributed by atoms with Crippen LogP contribution in [-0.2, 0) is 11.9 Å². The van der Waals surface area contributed by atoms with Gasteiger partial charge in [0, 0.05) is 16.5 Å².